The number of thiazole rings is 1. The molecular formula is C22H25ClN2O4S2. The smallest absolute Gasteiger partial charge is 0.287 e. The van der Waals surface area contributed by atoms with E-state index in [1.165, 1.54) is 6.07 Å². The number of fused-ring (bicyclic) bond motifs is 1. The Kier molecular flexibility index (Phi) is 5.91. The summed E-state index contributed by atoms with van der Waals surface area (Å²) in [5, 5.41) is 4.85. The van der Waals surface area contributed by atoms with Crippen molar-refractivity contribution in [3.05, 3.63) is 51.9 Å². The van der Waals surface area contributed by atoms with Crippen LogP contribution in [0, 0.1) is 0 Å². The predicted molar refractivity (Wildman–Crippen MR) is 124 cm³/mol. The summed E-state index contributed by atoms with van der Waals surface area (Å²) in [6.45, 7) is 3.14. The van der Waals surface area contributed by atoms with Crippen molar-refractivity contribution in [1.29, 1.82) is 0 Å². The molecule has 2 aromatic heterocycles. The molecule has 1 amide bonds. The Labute approximate surface area is 190 Å². The summed E-state index contributed by atoms with van der Waals surface area (Å²) in [7, 11) is -3.38. The van der Waals surface area contributed by atoms with Crippen LogP contribution in [0.5, 0.6) is 0 Å². The number of nitrogens with one attached hydrogen (secondary N) is 1. The van der Waals surface area contributed by atoms with Crippen LogP contribution in [0.15, 0.2) is 34.7 Å². The van der Waals surface area contributed by atoms with Gasteiger partial charge in [-0.3, -0.25) is 4.79 Å². The largest absolute Gasteiger partial charge is 0.454 e. The van der Waals surface area contributed by atoms with Crippen LogP contribution in [-0.2, 0) is 14.6 Å². The van der Waals surface area contributed by atoms with Crippen molar-refractivity contribution in [2.45, 2.75) is 56.2 Å². The third-order valence-electron chi connectivity index (χ3n) is 6.13. The number of nitrogens with zero attached hydrogens (tertiary/aromatic N) is 1. The Hall–Kier alpha value is -1.90. The monoisotopic (exact) mass is 480 g/mol. The number of benzene rings is 1. The van der Waals surface area contributed by atoms with Gasteiger partial charge < -0.3 is 9.73 Å². The normalized spacial score (nSPS) is 20.1. The van der Waals surface area contributed by atoms with Gasteiger partial charge in [-0.1, -0.05) is 11.6 Å². The van der Waals surface area contributed by atoms with Crippen LogP contribution in [0.25, 0.3) is 10.2 Å². The van der Waals surface area contributed by atoms with Crippen molar-refractivity contribution in [1.82, 2.24) is 10.3 Å². The third-order valence-corrected chi connectivity index (χ3v) is 9.62. The second kappa shape index (κ2) is 8.22. The van der Waals surface area contributed by atoms with Crippen molar-refractivity contribution in [2.75, 3.05) is 6.26 Å². The van der Waals surface area contributed by atoms with Crippen LogP contribution >= 0.6 is 22.9 Å². The van der Waals surface area contributed by atoms with Crippen LogP contribution in [0.3, 0.4) is 0 Å². The number of halogens is 1. The fourth-order valence-corrected chi connectivity index (χ4v) is 5.56. The molecule has 0 radical (unpaired) electrons. The topological polar surface area (TPSA) is 89.3 Å². The fourth-order valence-electron chi connectivity index (χ4n) is 3.80. The van der Waals surface area contributed by atoms with E-state index in [4.69, 9.17) is 21.0 Å². The second-order valence-corrected chi connectivity index (χ2v) is 12.7. The summed E-state index contributed by atoms with van der Waals surface area (Å²) in [4.78, 5) is 17.4. The number of aromatic nitrogens is 1. The SMILES string of the molecule is CC(C)(c1ccc(C(=O)NC2CCC(c3nc4cc(Cl)ccc4s3)CC2)o1)S(C)(=O)=O. The van der Waals surface area contributed by atoms with Crippen molar-refractivity contribution < 1.29 is 17.6 Å². The fraction of sp³-hybridized carbons (Fsp3) is 0.455. The number of rotatable bonds is 5. The van der Waals surface area contributed by atoms with Crippen LogP contribution in [0.4, 0.5) is 0 Å². The Morgan fingerprint density at radius 1 is 1.19 bits per heavy atom. The molecule has 0 unspecified atom stereocenters. The van der Waals surface area contributed by atoms with E-state index in [9.17, 15) is 13.2 Å². The summed E-state index contributed by atoms with van der Waals surface area (Å²) >= 11 is 7.78. The average molecular weight is 481 g/mol. The molecule has 2 heterocycles. The van der Waals surface area contributed by atoms with E-state index in [0.717, 1.165) is 47.2 Å². The summed E-state index contributed by atoms with van der Waals surface area (Å²) in [6, 6.07) is 8.94. The maximum absolute atomic E-state index is 12.6. The highest BCUT2D eigenvalue weighted by Crippen LogP contribution is 2.37. The first-order valence-electron chi connectivity index (χ1n) is 10.2. The van der Waals surface area contributed by atoms with Gasteiger partial charge in [-0.15, -0.1) is 11.3 Å². The van der Waals surface area contributed by atoms with E-state index in [1.807, 2.05) is 18.2 Å². The van der Waals surface area contributed by atoms with E-state index >= 15 is 0 Å². The lowest BCUT2D eigenvalue weighted by atomic mass is 9.86. The third kappa shape index (κ3) is 4.52. The van der Waals surface area contributed by atoms with E-state index < -0.39 is 14.6 Å². The molecule has 1 fully saturated rings. The van der Waals surface area contributed by atoms with E-state index in [-0.39, 0.29) is 23.5 Å². The predicted octanol–water partition coefficient (Wildman–Crippen LogP) is 5.28. The number of amides is 1. The van der Waals surface area contributed by atoms with Gasteiger partial charge in [0, 0.05) is 23.2 Å². The van der Waals surface area contributed by atoms with Gasteiger partial charge in [0.25, 0.3) is 5.91 Å². The number of carbonyl (C=O) groups excluding carboxylic acids is 1. The molecule has 1 aliphatic rings. The molecule has 1 N–H and O–H groups in total. The molecule has 1 aliphatic carbocycles. The lowest BCUT2D eigenvalue weighted by Gasteiger charge is -2.27. The number of sulfone groups is 1. The van der Waals surface area contributed by atoms with Crippen molar-refractivity contribution >= 4 is 48.9 Å². The van der Waals surface area contributed by atoms with Gasteiger partial charge in [-0.05, 0) is 69.9 Å². The van der Waals surface area contributed by atoms with Crippen LogP contribution in [0.2, 0.25) is 5.02 Å². The minimum absolute atomic E-state index is 0.0593. The minimum atomic E-state index is -3.38. The molecule has 166 valence electrons. The number of hydrogen-bond donors (Lipinski definition) is 1. The zero-order valence-electron chi connectivity index (χ0n) is 17.6. The Morgan fingerprint density at radius 3 is 2.58 bits per heavy atom. The second-order valence-electron chi connectivity index (χ2n) is 8.63. The number of carbonyl (C=O) groups is 1. The van der Waals surface area contributed by atoms with Gasteiger partial charge in [0.1, 0.15) is 10.5 Å². The Morgan fingerprint density at radius 2 is 1.90 bits per heavy atom. The first kappa shape index (κ1) is 22.3. The first-order chi connectivity index (χ1) is 14.5. The summed E-state index contributed by atoms with van der Waals surface area (Å²) in [6.07, 6.45) is 4.77. The highest BCUT2D eigenvalue weighted by molar-refractivity contribution is 7.91. The zero-order valence-corrected chi connectivity index (χ0v) is 20.0. The van der Waals surface area contributed by atoms with Gasteiger partial charge >= 0.3 is 0 Å². The maximum atomic E-state index is 12.6. The quantitative estimate of drug-likeness (QED) is 0.536. The number of hydrogen-bond acceptors (Lipinski definition) is 6. The average Bonchev–Trinajstić information content (AvgIpc) is 3.35. The summed E-state index contributed by atoms with van der Waals surface area (Å²) in [5.74, 6) is 0.473. The zero-order chi connectivity index (χ0) is 22.4. The molecule has 1 saturated carbocycles. The number of furan rings is 1. The van der Waals surface area contributed by atoms with E-state index in [0.29, 0.717) is 10.9 Å². The Balaban J connectivity index is 1.37. The highest BCUT2D eigenvalue weighted by atomic mass is 35.5. The molecular weight excluding hydrogens is 456 g/mol. The molecule has 1 aromatic carbocycles. The molecule has 0 aliphatic heterocycles. The van der Waals surface area contributed by atoms with Gasteiger partial charge in [0.05, 0.1) is 15.2 Å². The molecule has 0 bridgehead atoms. The molecule has 9 heteroatoms. The van der Waals surface area contributed by atoms with Crippen molar-refractivity contribution in [2.24, 2.45) is 0 Å². The molecule has 3 aromatic rings. The summed E-state index contributed by atoms with van der Waals surface area (Å²) < 4.78 is 29.6. The molecule has 0 atom stereocenters. The van der Waals surface area contributed by atoms with Crippen LogP contribution in [0.1, 0.15) is 66.8 Å². The van der Waals surface area contributed by atoms with E-state index in [1.54, 1.807) is 31.3 Å². The van der Waals surface area contributed by atoms with Gasteiger partial charge in [-0.25, -0.2) is 13.4 Å². The van der Waals surface area contributed by atoms with Gasteiger partial charge in [0.2, 0.25) is 0 Å². The van der Waals surface area contributed by atoms with E-state index in [2.05, 4.69) is 5.32 Å². The molecule has 0 spiro atoms. The lowest BCUT2D eigenvalue weighted by molar-refractivity contribution is 0.0895. The molecule has 0 saturated heterocycles. The van der Waals surface area contributed by atoms with Crippen LogP contribution < -0.4 is 5.32 Å². The minimum Gasteiger partial charge on any atom is -0.454 e. The molecule has 4 rings (SSSR count). The van der Waals surface area contributed by atoms with Crippen molar-refractivity contribution in [3.63, 3.8) is 0 Å². The summed E-state index contributed by atoms with van der Waals surface area (Å²) in [5.41, 5.74) is 0.938. The molecule has 31 heavy (non-hydrogen) atoms. The molecule has 6 nitrogen and oxygen atoms in total. The maximum Gasteiger partial charge on any atom is 0.287 e. The van der Waals surface area contributed by atoms with Gasteiger partial charge in [0.15, 0.2) is 15.6 Å². The highest BCUT2D eigenvalue weighted by Gasteiger charge is 2.36. The van der Waals surface area contributed by atoms with Crippen molar-refractivity contribution in [3.8, 4) is 0 Å². The Bertz CT molecular complexity index is 1220. The van der Waals surface area contributed by atoms with Crippen LogP contribution in [-0.4, -0.2) is 31.6 Å². The standard InChI is InChI=1S/C22H25ClN2O4S2/c1-22(2,31(3,27)28)19-11-9-17(29-19)20(26)24-15-7-4-13(5-8-15)21-25-16-12-14(23)6-10-18(16)30-21/h6,9-13,15H,4-5,7-8H2,1-3H3,(H,24,26). The first-order valence-corrected chi connectivity index (χ1v) is 13.3. The van der Waals surface area contributed by atoms with Gasteiger partial charge in [-0.2, -0.15) is 0 Å². The lowest BCUT2D eigenvalue weighted by Crippen LogP contribution is -2.37.